The SMILES string of the molecule is CCN=c1scc(-c2ccccc2)n1N=C(C)c1cccnc1. The lowest BCUT2D eigenvalue weighted by Gasteiger charge is -2.06. The highest BCUT2D eigenvalue weighted by Crippen LogP contribution is 2.20. The number of hydrogen-bond acceptors (Lipinski definition) is 4. The van der Waals surface area contributed by atoms with Crippen molar-refractivity contribution in [3.8, 4) is 11.3 Å². The predicted molar refractivity (Wildman–Crippen MR) is 95.7 cm³/mol. The summed E-state index contributed by atoms with van der Waals surface area (Å²) in [4.78, 5) is 9.62. The summed E-state index contributed by atoms with van der Waals surface area (Å²) in [6.45, 7) is 4.76. The molecule has 0 bridgehead atoms. The van der Waals surface area contributed by atoms with Gasteiger partial charge < -0.3 is 0 Å². The van der Waals surface area contributed by atoms with E-state index in [1.807, 2.05) is 55.1 Å². The second-order valence-electron chi connectivity index (χ2n) is 4.98. The van der Waals surface area contributed by atoms with Crippen molar-refractivity contribution >= 4 is 17.0 Å². The van der Waals surface area contributed by atoms with Crippen molar-refractivity contribution in [3.63, 3.8) is 0 Å². The summed E-state index contributed by atoms with van der Waals surface area (Å²) in [5.41, 5.74) is 4.09. The fraction of sp³-hybridized carbons (Fsp3) is 0.167. The van der Waals surface area contributed by atoms with Crippen LogP contribution in [0.4, 0.5) is 0 Å². The van der Waals surface area contributed by atoms with Gasteiger partial charge in [0.15, 0.2) is 0 Å². The van der Waals surface area contributed by atoms with Crippen molar-refractivity contribution in [1.82, 2.24) is 9.66 Å². The lowest BCUT2D eigenvalue weighted by molar-refractivity contribution is 0.827. The Morgan fingerprint density at radius 3 is 2.70 bits per heavy atom. The van der Waals surface area contributed by atoms with Crippen LogP contribution in [0.3, 0.4) is 0 Å². The van der Waals surface area contributed by atoms with Gasteiger partial charge in [-0.15, -0.1) is 11.3 Å². The zero-order valence-electron chi connectivity index (χ0n) is 13.2. The van der Waals surface area contributed by atoms with Crippen LogP contribution in [0.25, 0.3) is 11.3 Å². The molecule has 0 aliphatic rings. The highest BCUT2D eigenvalue weighted by atomic mass is 32.1. The lowest BCUT2D eigenvalue weighted by atomic mass is 10.2. The Bertz CT molecular complexity index is 861. The van der Waals surface area contributed by atoms with Gasteiger partial charge in [-0.05, 0) is 19.9 Å². The van der Waals surface area contributed by atoms with Gasteiger partial charge in [0.1, 0.15) is 0 Å². The molecule has 1 aromatic carbocycles. The minimum Gasteiger partial charge on any atom is -0.264 e. The van der Waals surface area contributed by atoms with E-state index in [4.69, 9.17) is 5.10 Å². The normalized spacial score (nSPS) is 12.6. The molecule has 2 heterocycles. The monoisotopic (exact) mass is 322 g/mol. The number of nitrogens with zero attached hydrogens (tertiary/aromatic N) is 4. The molecule has 0 N–H and O–H groups in total. The average molecular weight is 322 g/mol. The summed E-state index contributed by atoms with van der Waals surface area (Å²) in [6, 6.07) is 14.2. The molecule has 0 fully saturated rings. The molecular weight excluding hydrogens is 304 g/mol. The van der Waals surface area contributed by atoms with Gasteiger partial charge in [-0.1, -0.05) is 36.4 Å². The molecule has 0 aliphatic heterocycles. The van der Waals surface area contributed by atoms with E-state index in [1.54, 1.807) is 17.5 Å². The Morgan fingerprint density at radius 1 is 1.17 bits per heavy atom. The molecule has 3 rings (SSSR count). The van der Waals surface area contributed by atoms with Gasteiger partial charge in [0.25, 0.3) is 0 Å². The number of pyridine rings is 1. The topological polar surface area (TPSA) is 42.5 Å². The number of rotatable bonds is 4. The van der Waals surface area contributed by atoms with E-state index in [9.17, 15) is 0 Å². The summed E-state index contributed by atoms with van der Waals surface area (Å²) in [5.74, 6) is 0. The molecule has 4 nitrogen and oxygen atoms in total. The van der Waals surface area contributed by atoms with Gasteiger partial charge in [-0.25, -0.2) is 4.68 Å². The Balaban J connectivity index is 2.14. The third kappa shape index (κ3) is 3.46. The third-order valence-electron chi connectivity index (χ3n) is 3.38. The molecule has 0 spiro atoms. The van der Waals surface area contributed by atoms with Crippen LogP contribution >= 0.6 is 11.3 Å². The second kappa shape index (κ2) is 7.15. The molecule has 3 aromatic rings. The summed E-state index contributed by atoms with van der Waals surface area (Å²) >= 11 is 1.61. The fourth-order valence-electron chi connectivity index (χ4n) is 2.23. The van der Waals surface area contributed by atoms with E-state index < -0.39 is 0 Å². The summed E-state index contributed by atoms with van der Waals surface area (Å²) in [7, 11) is 0. The van der Waals surface area contributed by atoms with Crippen molar-refractivity contribution in [2.75, 3.05) is 6.54 Å². The molecule has 0 saturated carbocycles. The Kier molecular flexibility index (Phi) is 4.78. The van der Waals surface area contributed by atoms with Gasteiger partial charge in [0.05, 0.1) is 11.4 Å². The maximum absolute atomic E-state index is 4.79. The molecular formula is C18H18N4S. The summed E-state index contributed by atoms with van der Waals surface area (Å²) in [5, 5.41) is 6.90. The van der Waals surface area contributed by atoms with E-state index in [0.717, 1.165) is 33.9 Å². The Morgan fingerprint density at radius 2 is 2.00 bits per heavy atom. The Hall–Kier alpha value is -2.53. The van der Waals surface area contributed by atoms with E-state index in [2.05, 4.69) is 27.5 Å². The van der Waals surface area contributed by atoms with Crippen molar-refractivity contribution in [1.29, 1.82) is 0 Å². The van der Waals surface area contributed by atoms with Crippen LogP contribution in [0.15, 0.2) is 70.3 Å². The first-order chi connectivity index (χ1) is 11.3. The van der Waals surface area contributed by atoms with Gasteiger partial charge >= 0.3 is 0 Å². The van der Waals surface area contributed by atoms with E-state index in [0.29, 0.717) is 0 Å². The average Bonchev–Trinajstić information content (AvgIpc) is 2.99. The molecule has 5 heteroatoms. The fourth-order valence-corrected chi connectivity index (χ4v) is 3.13. The van der Waals surface area contributed by atoms with Gasteiger partial charge in [0.2, 0.25) is 4.80 Å². The number of thiazole rings is 1. The van der Waals surface area contributed by atoms with Gasteiger partial charge in [0, 0.05) is 35.4 Å². The number of benzene rings is 1. The molecule has 2 aromatic heterocycles. The molecule has 0 unspecified atom stereocenters. The minimum absolute atomic E-state index is 0.732. The third-order valence-corrected chi connectivity index (χ3v) is 4.23. The first-order valence-corrected chi connectivity index (χ1v) is 8.40. The quantitative estimate of drug-likeness (QED) is 0.674. The van der Waals surface area contributed by atoms with Crippen LogP contribution < -0.4 is 4.80 Å². The van der Waals surface area contributed by atoms with Crippen LogP contribution in [0.1, 0.15) is 19.4 Å². The number of hydrogen-bond donors (Lipinski definition) is 0. The highest BCUT2D eigenvalue weighted by molar-refractivity contribution is 7.07. The van der Waals surface area contributed by atoms with Crippen LogP contribution in [0, 0.1) is 0 Å². The molecule has 0 atom stereocenters. The molecule has 0 amide bonds. The van der Waals surface area contributed by atoms with Crippen molar-refractivity contribution in [2.45, 2.75) is 13.8 Å². The molecule has 0 aliphatic carbocycles. The van der Waals surface area contributed by atoms with E-state index in [-0.39, 0.29) is 0 Å². The first kappa shape index (κ1) is 15.4. The minimum atomic E-state index is 0.732. The van der Waals surface area contributed by atoms with Gasteiger partial charge in [-0.3, -0.25) is 9.98 Å². The predicted octanol–water partition coefficient (Wildman–Crippen LogP) is 3.80. The molecule has 0 radical (unpaired) electrons. The summed E-state index contributed by atoms with van der Waals surface area (Å²) in [6.07, 6.45) is 3.59. The van der Waals surface area contributed by atoms with E-state index >= 15 is 0 Å². The lowest BCUT2D eigenvalue weighted by Crippen LogP contribution is -2.14. The molecule has 0 saturated heterocycles. The maximum atomic E-state index is 4.79. The molecule has 23 heavy (non-hydrogen) atoms. The van der Waals surface area contributed by atoms with Gasteiger partial charge in [-0.2, -0.15) is 5.10 Å². The standard InChI is InChI=1S/C18H18N4S/c1-3-20-18-22(21-14(2)16-10-7-11-19-12-16)17(13-23-18)15-8-5-4-6-9-15/h4-13H,3H2,1-2H3. The largest absolute Gasteiger partial charge is 0.264 e. The van der Waals surface area contributed by atoms with Crippen molar-refractivity contribution in [3.05, 3.63) is 70.6 Å². The van der Waals surface area contributed by atoms with Crippen LogP contribution in [0.5, 0.6) is 0 Å². The smallest absolute Gasteiger partial charge is 0.206 e. The second-order valence-corrected chi connectivity index (χ2v) is 5.82. The summed E-state index contributed by atoms with van der Waals surface area (Å²) < 4.78 is 1.92. The van der Waals surface area contributed by atoms with Crippen LogP contribution in [-0.2, 0) is 0 Å². The maximum Gasteiger partial charge on any atom is 0.206 e. The zero-order valence-corrected chi connectivity index (χ0v) is 14.0. The zero-order chi connectivity index (χ0) is 16.1. The highest BCUT2D eigenvalue weighted by Gasteiger charge is 2.08. The van der Waals surface area contributed by atoms with Crippen LogP contribution in [0.2, 0.25) is 0 Å². The van der Waals surface area contributed by atoms with Crippen molar-refractivity contribution in [2.24, 2.45) is 10.1 Å². The molecule has 116 valence electrons. The number of aromatic nitrogens is 2. The first-order valence-electron chi connectivity index (χ1n) is 7.52. The van der Waals surface area contributed by atoms with Crippen LogP contribution in [-0.4, -0.2) is 21.9 Å². The van der Waals surface area contributed by atoms with E-state index in [1.165, 1.54) is 0 Å². The van der Waals surface area contributed by atoms with Crippen molar-refractivity contribution < 1.29 is 0 Å². The Labute approximate surface area is 139 Å².